The average Bonchev–Trinajstić information content (AvgIpc) is 3.54. The van der Waals surface area contributed by atoms with Gasteiger partial charge in [0.05, 0.1) is 0 Å². The van der Waals surface area contributed by atoms with Gasteiger partial charge in [-0.3, -0.25) is 0 Å². The molecule has 0 spiro atoms. The minimum Gasteiger partial charge on any atom is -0.248 e. The molecule has 0 aliphatic heterocycles. The molecule has 3 heteroatoms. The maximum Gasteiger partial charge on any atom is 0.254 e. The van der Waals surface area contributed by atoms with Crippen molar-refractivity contribution in [2.24, 2.45) is 0 Å². The maximum atomic E-state index is 3.79. The van der Waals surface area contributed by atoms with Gasteiger partial charge < -0.3 is 0 Å². The van der Waals surface area contributed by atoms with Crippen molar-refractivity contribution in [1.29, 1.82) is 0 Å². The van der Waals surface area contributed by atoms with Crippen molar-refractivity contribution >= 4 is 28.0 Å². The lowest BCUT2D eigenvalue weighted by Gasteiger charge is -2.44. The second-order valence-corrected chi connectivity index (χ2v) is 11.9. The summed E-state index contributed by atoms with van der Waals surface area (Å²) in [7, 11) is 0. The number of rotatable bonds is 16. The SMILES string of the molecule is C=CC[n+]1cc[nH]c1CCCCCCCCCCC.c1ccc([B-](c2ccccc2)(c2ccccc2)c2ccccc2)cc1. The predicted molar refractivity (Wildman–Crippen MR) is 192 cm³/mol. The minimum atomic E-state index is -1.22. The van der Waals surface area contributed by atoms with E-state index in [-0.39, 0.29) is 0 Å². The smallest absolute Gasteiger partial charge is 0.248 e. The molecule has 0 unspecified atom stereocenters. The van der Waals surface area contributed by atoms with Gasteiger partial charge in [-0.1, -0.05) is 192 Å². The van der Waals surface area contributed by atoms with E-state index in [9.17, 15) is 0 Å². The van der Waals surface area contributed by atoms with Crippen LogP contribution in [-0.4, -0.2) is 11.1 Å². The molecular formula is C41H51BN2. The third kappa shape index (κ3) is 8.96. The lowest BCUT2D eigenvalue weighted by atomic mass is 9.13. The Hall–Kier alpha value is -4.11. The van der Waals surface area contributed by atoms with Gasteiger partial charge in [0.25, 0.3) is 5.82 Å². The second kappa shape index (κ2) is 18.5. The fraction of sp³-hybridized carbons (Fsp3) is 0.293. The number of imidazole rings is 1. The van der Waals surface area contributed by atoms with Crippen molar-refractivity contribution in [1.82, 2.24) is 4.98 Å². The van der Waals surface area contributed by atoms with Crippen molar-refractivity contribution in [3.05, 3.63) is 152 Å². The van der Waals surface area contributed by atoms with Gasteiger partial charge in [0.1, 0.15) is 25.1 Å². The highest BCUT2D eigenvalue weighted by molar-refractivity contribution is 7.19. The van der Waals surface area contributed by atoms with E-state index in [0.29, 0.717) is 0 Å². The Kier molecular flexibility index (Phi) is 13.8. The molecule has 1 aromatic heterocycles. The summed E-state index contributed by atoms with van der Waals surface area (Å²) in [6, 6.07) is 43.5. The summed E-state index contributed by atoms with van der Waals surface area (Å²) < 4.78 is 2.25. The molecule has 2 nitrogen and oxygen atoms in total. The number of aryl methyl sites for hydroxylation is 1. The molecule has 5 rings (SSSR count). The summed E-state index contributed by atoms with van der Waals surface area (Å²) in [4.78, 5) is 3.33. The van der Waals surface area contributed by atoms with Gasteiger partial charge in [0, 0.05) is 6.42 Å². The molecule has 0 aliphatic carbocycles. The molecule has 4 aromatic carbocycles. The Morgan fingerprint density at radius 1 is 0.568 bits per heavy atom. The molecule has 0 aliphatic rings. The molecule has 44 heavy (non-hydrogen) atoms. The first-order valence-corrected chi connectivity index (χ1v) is 16.8. The summed E-state index contributed by atoms with van der Waals surface area (Å²) in [6.45, 7) is 6.98. The molecule has 0 atom stereocenters. The first kappa shape index (κ1) is 32.8. The number of nitrogens with one attached hydrogen (secondary N) is 1. The highest BCUT2D eigenvalue weighted by Crippen LogP contribution is 2.11. The summed E-state index contributed by atoms with van der Waals surface area (Å²) in [5.41, 5.74) is 5.36. The number of unbranched alkanes of at least 4 members (excludes halogenated alkanes) is 8. The van der Waals surface area contributed by atoms with Crippen molar-refractivity contribution < 1.29 is 4.57 Å². The maximum absolute atomic E-state index is 3.79. The largest absolute Gasteiger partial charge is 0.254 e. The second-order valence-electron chi connectivity index (χ2n) is 11.9. The van der Waals surface area contributed by atoms with E-state index in [2.05, 4.69) is 151 Å². The van der Waals surface area contributed by atoms with Crippen molar-refractivity contribution in [3.8, 4) is 0 Å². The Labute approximate surface area is 266 Å². The average molecular weight is 583 g/mol. The first-order chi connectivity index (χ1) is 21.8. The standard InChI is InChI=1S/C24H20B.C17H30N2/c1-5-13-21(14-6-1)25(22-15-7-2-8-16-22,23-17-9-3-10-18-23)24-19-11-4-12-20-24;1-3-5-6-7-8-9-10-11-12-13-17-18-14-16-19(17)15-4-2/h1-20H;4,14,16H,2-3,5-13,15H2,1H3/q-1;/p+1. The summed E-state index contributed by atoms with van der Waals surface area (Å²) in [6.07, 6.45) is 18.6. The normalized spacial score (nSPS) is 11.0. The summed E-state index contributed by atoms with van der Waals surface area (Å²) in [5.74, 6) is 1.34. The van der Waals surface area contributed by atoms with Crippen LogP contribution < -0.4 is 26.4 Å². The number of aromatic amines is 1. The van der Waals surface area contributed by atoms with Crippen LogP contribution in [0.1, 0.15) is 70.5 Å². The third-order valence-corrected chi connectivity index (χ3v) is 8.89. The van der Waals surface area contributed by atoms with E-state index in [1.54, 1.807) is 0 Å². The third-order valence-electron chi connectivity index (χ3n) is 8.89. The first-order valence-electron chi connectivity index (χ1n) is 16.8. The van der Waals surface area contributed by atoms with Gasteiger partial charge in [0.2, 0.25) is 0 Å². The van der Waals surface area contributed by atoms with Crippen LogP contribution in [0.3, 0.4) is 0 Å². The zero-order chi connectivity index (χ0) is 30.7. The molecule has 0 saturated heterocycles. The summed E-state index contributed by atoms with van der Waals surface area (Å²) in [5, 5.41) is 0. The Morgan fingerprint density at radius 3 is 1.34 bits per heavy atom. The quantitative estimate of drug-likeness (QED) is 0.0535. The number of benzene rings is 4. The predicted octanol–water partition coefficient (Wildman–Crippen LogP) is 7.63. The summed E-state index contributed by atoms with van der Waals surface area (Å²) >= 11 is 0. The van der Waals surface area contributed by atoms with Crippen molar-refractivity contribution in [2.45, 2.75) is 77.7 Å². The molecule has 0 saturated carbocycles. The van der Waals surface area contributed by atoms with E-state index < -0.39 is 6.15 Å². The van der Waals surface area contributed by atoms with E-state index in [1.807, 2.05) is 12.3 Å². The monoisotopic (exact) mass is 582 g/mol. The zero-order valence-electron chi connectivity index (χ0n) is 26.8. The van der Waals surface area contributed by atoms with Crippen LogP contribution in [-0.2, 0) is 13.0 Å². The Bertz CT molecular complexity index is 1280. The fourth-order valence-corrected chi connectivity index (χ4v) is 6.65. The highest BCUT2D eigenvalue weighted by atomic mass is 15.0. The topological polar surface area (TPSA) is 19.7 Å². The van der Waals surface area contributed by atoms with Gasteiger partial charge in [-0.2, -0.15) is 21.9 Å². The van der Waals surface area contributed by atoms with Gasteiger partial charge in [-0.05, 0) is 6.42 Å². The van der Waals surface area contributed by atoms with Crippen LogP contribution in [0.2, 0.25) is 0 Å². The van der Waals surface area contributed by atoms with E-state index in [4.69, 9.17) is 0 Å². The van der Waals surface area contributed by atoms with Crippen molar-refractivity contribution in [3.63, 3.8) is 0 Å². The van der Waals surface area contributed by atoms with Crippen LogP contribution in [0.4, 0.5) is 0 Å². The molecule has 0 amide bonds. The Balaban J connectivity index is 0.000000210. The van der Waals surface area contributed by atoms with Crippen LogP contribution >= 0.6 is 0 Å². The van der Waals surface area contributed by atoms with Crippen LogP contribution in [0.5, 0.6) is 0 Å². The number of aromatic nitrogens is 2. The number of nitrogens with zero attached hydrogens (tertiary/aromatic N) is 1. The van der Waals surface area contributed by atoms with E-state index in [0.717, 1.165) is 13.0 Å². The number of hydrogen-bond donors (Lipinski definition) is 1. The van der Waals surface area contributed by atoms with E-state index >= 15 is 0 Å². The van der Waals surface area contributed by atoms with Gasteiger partial charge in [-0.15, -0.1) is 0 Å². The molecule has 228 valence electrons. The molecule has 1 N–H and O–H groups in total. The molecule has 0 radical (unpaired) electrons. The van der Waals surface area contributed by atoms with Gasteiger partial charge >= 0.3 is 0 Å². The molecule has 0 fully saturated rings. The number of allylic oxidation sites excluding steroid dienone is 1. The fourth-order valence-electron chi connectivity index (χ4n) is 6.65. The van der Waals surface area contributed by atoms with Crippen LogP contribution in [0, 0.1) is 0 Å². The molecule has 5 aromatic rings. The number of hydrogen-bond acceptors (Lipinski definition) is 0. The number of H-pyrrole nitrogens is 1. The Morgan fingerprint density at radius 2 is 0.955 bits per heavy atom. The lowest BCUT2D eigenvalue weighted by molar-refractivity contribution is -0.693. The molecule has 0 bridgehead atoms. The lowest BCUT2D eigenvalue weighted by Crippen LogP contribution is -2.74. The minimum absolute atomic E-state index is 0.913. The van der Waals surface area contributed by atoms with Crippen LogP contribution in [0.15, 0.2) is 146 Å². The zero-order valence-corrected chi connectivity index (χ0v) is 26.8. The molecule has 1 heterocycles. The molecular weight excluding hydrogens is 531 g/mol. The highest BCUT2D eigenvalue weighted by Gasteiger charge is 2.31. The van der Waals surface area contributed by atoms with E-state index in [1.165, 1.54) is 85.5 Å². The van der Waals surface area contributed by atoms with Gasteiger partial charge in [0.15, 0.2) is 0 Å². The van der Waals surface area contributed by atoms with Crippen molar-refractivity contribution in [2.75, 3.05) is 0 Å². The van der Waals surface area contributed by atoms with Crippen LogP contribution in [0.25, 0.3) is 0 Å². The van der Waals surface area contributed by atoms with Gasteiger partial charge in [-0.25, -0.2) is 9.55 Å².